The predicted octanol–water partition coefficient (Wildman–Crippen LogP) is 4.72. The van der Waals surface area contributed by atoms with E-state index in [9.17, 15) is 4.79 Å². The number of amides is 2. The topological polar surface area (TPSA) is 76.9 Å². The highest BCUT2D eigenvalue weighted by atomic mass is 16.6. The number of hydrogen-bond acceptors (Lipinski definition) is 4. The first-order valence-electron chi connectivity index (χ1n) is 9.67. The maximum absolute atomic E-state index is 12.3. The van der Waals surface area contributed by atoms with Crippen molar-refractivity contribution in [3.8, 4) is 22.8 Å². The molecule has 2 amide bonds. The standard InChI is InChI=1S/C23H20N4O3/c1-15-8-9-27-14-19(26-22(27)12-15)16-2-4-17(5-3-16)24-23(28)25-18-6-7-20-21(13-18)30-11-10-29-20/h2-9,12-14H,10-11H2,1H3,(H2,24,25,28). The smallest absolute Gasteiger partial charge is 0.323 e. The van der Waals surface area contributed by atoms with Gasteiger partial charge in [0.25, 0.3) is 0 Å². The molecule has 5 rings (SSSR count). The van der Waals surface area contributed by atoms with Crippen molar-refractivity contribution in [3.63, 3.8) is 0 Å². The van der Waals surface area contributed by atoms with Crippen molar-refractivity contribution in [2.45, 2.75) is 6.92 Å². The molecule has 0 saturated heterocycles. The Hall–Kier alpha value is -4.00. The maximum Gasteiger partial charge on any atom is 0.323 e. The van der Waals surface area contributed by atoms with E-state index in [2.05, 4.69) is 15.6 Å². The minimum absolute atomic E-state index is 0.331. The number of anilines is 2. The number of nitrogens with one attached hydrogen (secondary N) is 2. The Kier molecular flexibility index (Phi) is 4.48. The van der Waals surface area contributed by atoms with Gasteiger partial charge in [0, 0.05) is 35.4 Å². The van der Waals surface area contributed by atoms with Crippen LogP contribution in [0.15, 0.2) is 67.0 Å². The SMILES string of the molecule is Cc1ccn2cc(-c3ccc(NC(=O)Nc4ccc5c(c4)OCCO5)cc3)nc2c1. The molecule has 4 aromatic rings. The normalized spacial score (nSPS) is 12.6. The van der Waals surface area contributed by atoms with Gasteiger partial charge in [-0.25, -0.2) is 9.78 Å². The van der Waals surface area contributed by atoms with Gasteiger partial charge in [-0.2, -0.15) is 0 Å². The summed E-state index contributed by atoms with van der Waals surface area (Å²) >= 11 is 0. The molecular formula is C23H20N4O3. The van der Waals surface area contributed by atoms with Crippen molar-refractivity contribution in [1.29, 1.82) is 0 Å². The number of ether oxygens (including phenoxy) is 2. The quantitative estimate of drug-likeness (QED) is 0.521. The van der Waals surface area contributed by atoms with Crippen LogP contribution in [-0.4, -0.2) is 28.6 Å². The third-order valence-corrected chi connectivity index (χ3v) is 4.85. The average molecular weight is 400 g/mol. The van der Waals surface area contributed by atoms with Gasteiger partial charge in [-0.05, 0) is 48.9 Å². The minimum atomic E-state index is -0.331. The molecule has 2 N–H and O–H groups in total. The Bertz CT molecular complexity index is 1230. The van der Waals surface area contributed by atoms with Gasteiger partial charge in [0.15, 0.2) is 11.5 Å². The van der Waals surface area contributed by atoms with Gasteiger partial charge in [-0.1, -0.05) is 12.1 Å². The Balaban J connectivity index is 1.26. The fraction of sp³-hybridized carbons (Fsp3) is 0.130. The number of benzene rings is 2. The number of carbonyl (C=O) groups is 1. The van der Waals surface area contributed by atoms with Crippen LogP contribution in [0.4, 0.5) is 16.2 Å². The average Bonchev–Trinajstić information content (AvgIpc) is 3.17. The molecule has 0 unspecified atom stereocenters. The summed E-state index contributed by atoms with van der Waals surface area (Å²) in [6.45, 7) is 3.08. The van der Waals surface area contributed by atoms with Crippen molar-refractivity contribution in [2.75, 3.05) is 23.8 Å². The molecule has 0 fully saturated rings. The number of carbonyl (C=O) groups excluding carboxylic acids is 1. The molecule has 2 aromatic heterocycles. The van der Waals surface area contributed by atoms with E-state index in [0.29, 0.717) is 36.1 Å². The second-order valence-electron chi connectivity index (χ2n) is 7.11. The van der Waals surface area contributed by atoms with Crippen LogP contribution in [0.5, 0.6) is 11.5 Å². The molecule has 2 aromatic carbocycles. The summed E-state index contributed by atoms with van der Waals surface area (Å²) < 4.78 is 13.0. The molecule has 0 aliphatic carbocycles. The van der Waals surface area contributed by atoms with E-state index in [1.807, 2.05) is 60.1 Å². The largest absolute Gasteiger partial charge is 0.486 e. The first kappa shape index (κ1) is 18.1. The number of fused-ring (bicyclic) bond motifs is 2. The molecule has 7 nitrogen and oxygen atoms in total. The third-order valence-electron chi connectivity index (χ3n) is 4.85. The lowest BCUT2D eigenvalue weighted by atomic mass is 10.1. The van der Waals surface area contributed by atoms with E-state index < -0.39 is 0 Å². The first-order chi connectivity index (χ1) is 14.6. The monoisotopic (exact) mass is 400 g/mol. The minimum Gasteiger partial charge on any atom is -0.486 e. The highest BCUT2D eigenvalue weighted by molar-refractivity contribution is 6.00. The van der Waals surface area contributed by atoms with E-state index in [1.54, 1.807) is 18.2 Å². The second-order valence-corrected chi connectivity index (χ2v) is 7.11. The molecule has 1 aliphatic rings. The van der Waals surface area contributed by atoms with Crippen molar-refractivity contribution < 1.29 is 14.3 Å². The second kappa shape index (κ2) is 7.44. The molecule has 0 radical (unpaired) electrons. The highest BCUT2D eigenvalue weighted by Crippen LogP contribution is 2.32. The van der Waals surface area contributed by atoms with Crippen molar-refractivity contribution in [3.05, 3.63) is 72.6 Å². The summed E-state index contributed by atoms with van der Waals surface area (Å²) in [5.41, 5.74) is 5.26. The number of aromatic nitrogens is 2. The van der Waals surface area contributed by atoms with Crippen molar-refractivity contribution in [2.24, 2.45) is 0 Å². The molecule has 0 atom stereocenters. The van der Waals surface area contributed by atoms with Gasteiger partial charge in [0.2, 0.25) is 0 Å². The van der Waals surface area contributed by atoms with Crippen LogP contribution in [0.2, 0.25) is 0 Å². The Labute approximate surface area is 173 Å². The summed E-state index contributed by atoms with van der Waals surface area (Å²) in [6, 6.07) is 16.7. The Morgan fingerprint density at radius 3 is 2.50 bits per heavy atom. The summed E-state index contributed by atoms with van der Waals surface area (Å²) in [5, 5.41) is 5.64. The fourth-order valence-corrected chi connectivity index (χ4v) is 3.36. The first-order valence-corrected chi connectivity index (χ1v) is 9.67. The lowest BCUT2D eigenvalue weighted by molar-refractivity contribution is 0.171. The van der Waals surface area contributed by atoms with Gasteiger partial charge < -0.3 is 24.5 Å². The summed E-state index contributed by atoms with van der Waals surface area (Å²) in [6.07, 6.45) is 3.99. The zero-order valence-electron chi connectivity index (χ0n) is 16.4. The zero-order chi connectivity index (χ0) is 20.5. The number of hydrogen-bond donors (Lipinski definition) is 2. The molecule has 1 aliphatic heterocycles. The fourth-order valence-electron chi connectivity index (χ4n) is 3.36. The predicted molar refractivity (Wildman–Crippen MR) is 115 cm³/mol. The number of aryl methyl sites for hydroxylation is 1. The van der Waals surface area contributed by atoms with Gasteiger partial charge in [0.1, 0.15) is 18.9 Å². The van der Waals surface area contributed by atoms with Gasteiger partial charge in [0.05, 0.1) is 5.69 Å². The Morgan fingerprint density at radius 1 is 0.933 bits per heavy atom. The van der Waals surface area contributed by atoms with E-state index >= 15 is 0 Å². The zero-order valence-corrected chi connectivity index (χ0v) is 16.4. The van der Waals surface area contributed by atoms with E-state index in [-0.39, 0.29) is 6.03 Å². The number of pyridine rings is 1. The molecule has 3 heterocycles. The van der Waals surface area contributed by atoms with E-state index in [4.69, 9.17) is 9.47 Å². The van der Waals surface area contributed by atoms with Crippen LogP contribution < -0.4 is 20.1 Å². The number of rotatable bonds is 3. The van der Waals surface area contributed by atoms with Gasteiger partial charge in [-0.15, -0.1) is 0 Å². The lowest BCUT2D eigenvalue weighted by Gasteiger charge is -2.19. The molecule has 0 bridgehead atoms. The molecule has 0 spiro atoms. The summed E-state index contributed by atoms with van der Waals surface area (Å²) in [5.74, 6) is 1.32. The van der Waals surface area contributed by atoms with Gasteiger partial charge in [-0.3, -0.25) is 0 Å². The Morgan fingerprint density at radius 2 is 1.67 bits per heavy atom. The highest BCUT2D eigenvalue weighted by Gasteiger charge is 2.13. The lowest BCUT2D eigenvalue weighted by Crippen LogP contribution is -2.20. The molecule has 7 heteroatoms. The van der Waals surface area contributed by atoms with Crippen LogP contribution in [-0.2, 0) is 0 Å². The van der Waals surface area contributed by atoms with E-state index in [0.717, 1.165) is 16.9 Å². The number of urea groups is 1. The van der Waals surface area contributed by atoms with Crippen LogP contribution in [0.1, 0.15) is 5.56 Å². The molecular weight excluding hydrogens is 380 g/mol. The summed E-state index contributed by atoms with van der Waals surface area (Å²) in [4.78, 5) is 17.0. The van der Waals surface area contributed by atoms with Crippen molar-refractivity contribution in [1.82, 2.24) is 9.38 Å². The third kappa shape index (κ3) is 3.65. The van der Waals surface area contributed by atoms with E-state index in [1.165, 1.54) is 5.56 Å². The molecule has 30 heavy (non-hydrogen) atoms. The summed E-state index contributed by atoms with van der Waals surface area (Å²) in [7, 11) is 0. The van der Waals surface area contributed by atoms with Crippen LogP contribution in [0.3, 0.4) is 0 Å². The molecule has 150 valence electrons. The van der Waals surface area contributed by atoms with Crippen LogP contribution in [0, 0.1) is 6.92 Å². The van der Waals surface area contributed by atoms with Gasteiger partial charge >= 0.3 is 6.03 Å². The molecule has 0 saturated carbocycles. The number of imidazole rings is 1. The maximum atomic E-state index is 12.3. The van der Waals surface area contributed by atoms with Crippen LogP contribution in [0.25, 0.3) is 16.9 Å². The number of nitrogens with zero attached hydrogens (tertiary/aromatic N) is 2. The van der Waals surface area contributed by atoms with Crippen LogP contribution >= 0.6 is 0 Å². The van der Waals surface area contributed by atoms with Crippen molar-refractivity contribution >= 4 is 23.1 Å².